The second-order valence-electron chi connectivity index (χ2n) is 8.49. The summed E-state index contributed by atoms with van der Waals surface area (Å²) in [6, 6.07) is 18.9. The molecular weight excluding hydrogens is 367 g/mol. The molecular formula is C24H25O3P. The van der Waals surface area contributed by atoms with E-state index in [1.807, 2.05) is 43.3 Å². The molecule has 1 heterocycles. The Morgan fingerprint density at radius 3 is 2.29 bits per heavy atom. The molecule has 3 aromatic carbocycles. The van der Waals surface area contributed by atoms with Crippen LogP contribution in [0.3, 0.4) is 0 Å². The second-order valence-corrected chi connectivity index (χ2v) is 10.8. The Morgan fingerprint density at radius 1 is 0.964 bits per heavy atom. The molecule has 4 rings (SSSR count). The average Bonchev–Trinajstić information content (AvgIpc) is 3.00. The second kappa shape index (κ2) is 6.53. The molecule has 3 aromatic rings. The van der Waals surface area contributed by atoms with Gasteiger partial charge < -0.3 is 9.63 Å². The number of benzene rings is 3. The highest BCUT2D eigenvalue weighted by molar-refractivity contribution is 7.67. The molecule has 0 saturated heterocycles. The van der Waals surface area contributed by atoms with Crippen molar-refractivity contribution in [2.45, 2.75) is 39.3 Å². The Labute approximate surface area is 166 Å². The van der Waals surface area contributed by atoms with Gasteiger partial charge >= 0.3 is 0 Å². The lowest BCUT2D eigenvalue weighted by molar-refractivity contribution is 0.477. The van der Waals surface area contributed by atoms with E-state index in [4.69, 9.17) is 4.52 Å². The van der Waals surface area contributed by atoms with Crippen LogP contribution in [-0.2, 0) is 16.1 Å². The van der Waals surface area contributed by atoms with Gasteiger partial charge in [-0.05, 0) is 41.2 Å². The molecule has 0 amide bonds. The van der Waals surface area contributed by atoms with Gasteiger partial charge in [0, 0.05) is 11.1 Å². The minimum atomic E-state index is -3.14. The van der Waals surface area contributed by atoms with Crippen LogP contribution in [0.5, 0.6) is 11.5 Å². The van der Waals surface area contributed by atoms with Gasteiger partial charge in [0.1, 0.15) is 11.5 Å². The van der Waals surface area contributed by atoms with Gasteiger partial charge in [-0.15, -0.1) is 0 Å². The first-order valence-electron chi connectivity index (χ1n) is 9.50. The van der Waals surface area contributed by atoms with E-state index >= 15 is 0 Å². The van der Waals surface area contributed by atoms with Gasteiger partial charge in [-0.3, -0.25) is 4.57 Å². The van der Waals surface area contributed by atoms with Gasteiger partial charge in [-0.25, -0.2) is 0 Å². The van der Waals surface area contributed by atoms with Crippen molar-refractivity contribution in [1.82, 2.24) is 0 Å². The zero-order valence-electron chi connectivity index (χ0n) is 16.7. The number of phenolic OH excluding ortho intramolecular Hbond substituents is 1. The monoisotopic (exact) mass is 392 g/mol. The molecule has 144 valence electrons. The van der Waals surface area contributed by atoms with Crippen LogP contribution in [0.2, 0.25) is 0 Å². The highest BCUT2D eigenvalue weighted by atomic mass is 31.2. The summed E-state index contributed by atoms with van der Waals surface area (Å²) < 4.78 is 20.1. The van der Waals surface area contributed by atoms with Crippen molar-refractivity contribution in [2.24, 2.45) is 0 Å². The van der Waals surface area contributed by atoms with Crippen LogP contribution in [-0.4, -0.2) is 5.11 Å². The van der Waals surface area contributed by atoms with Gasteiger partial charge in [0.05, 0.1) is 11.5 Å². The van der Waals surface area contributed by atoms with Gasteiger partial charge in [0.15, 0.2) is 0 Å². The van der Waals surface area contributed by atoms with Gasteiger partial charge in [-0.1, -0.05) is 69.3 Å². The van der Waals surface area contributed by atoms with E-state index in [9.17, 15) is 9.67 Å². The summed E-state index contributed by atoms with van der Waals surface area (Å²) in [5.74, 6) is 0.910. The van der Waals surface area contributed by atoms with Crippen LogP contribution >= 0.6 is 7.37 Å². The molecule has 0 saturated carbocycles. The van der Waals surface area contributed by atoms with E-state index in [0.717, 1.165) is 22.4 Å². The molecule has 0 bridgehead atoms. The summed E-state index contributed by atoms with van der Waals surface area (Å²) in [6.45, 7) is 8.55. The summed E-state index contributed by atoms with van der Waals surface area (Å²) in [6.07, 6.45) is 0.373. The smallest absolute Gasteiger partial charge is 0.282 e. The summed E-state index contributed by atoms with van der Waals surface area (Å²) in [7, 11) is -3.14. The number of aryl methyl sites for hydroxylation is 1. The zero-order valence-corrected chi connectivity index (χ0v) is 17.6. The molecule has 28 heavy (non-hydrogen) atoms. The maximum atomic E-state index is 14.0. The van der Waals surface area contributed by atoms with Crippen LogP contribution in [0.15, 0.2) is 60.7 Å². The number of rotatable bonds is 2. The van der Waals surface area contributed by atoms with Gasteiger partial charge in [0.2, 0.25) is 0 Å². The Balaban J connectivity index is 1.83. The molecule has 1 atom stereocenters. The number of phenols is 1. The lowest BCUT2D eigenvalue weighted by Gasteiger charge is -2.20. The Kier molecular flexibility index (Phi) is 4.39. The fourth-order valence-corrected chi connectivity index (χ4v) is 6.21. The molecule has 0 fully saturated rings. The fourth-order valence-electron chi connectivity index (χ4n) is 3.77. The van der Waals surface area contributed by atoms with E-state index in [0.29, 0.717) is 17.0 Å². The van der Waals surface area contributed by atoms with Crippen LogP contribution in [0.1, 0.15) is 37.5 Å². The minimum absolute atomic E-state index is 0.0140. The number of aromatic hydroxyl groups is 1. The standard InChI is InChI=1S/C24H25O3P/c1-16-13-18(24(2,3)4)14-17-15-28(26,27-23(16)17)22-12-8-6-10-20(22)19-9-5-7-11-21(19)25/h5-14,25H,15H2,1-4H3. The molecule has 0 aliphatic carbocycles. The highest BCUT2D eigenvalue weighted by Crippen LogP contribution is 2.59. The first-order valence-corrected chi connectivity index (χ1v) is 11.3. The summed E-state index contributed by atoms with van der Waals surface area (Å²) in [5.41, 5.74) is 4.67. The predicted molar refractivity (Wildman–Crippen MR) is 115 cm³/mol. The lowest BCUT2D eigenvalue weighted by atomic mass is 9.85. The minimum Gasteiger partial charge on any atom is -0.507 e. The van der Waals surface area contributed by atoms with Crippen LogP contribution < -0.4 is 9.83 Å². The summed E-state index contributed by atoms with van der Waals surface area (Å²) >= 11 is 0. The van der Waals surface area contributed by atoms with Crippen molar-refractivity contribution in [1.29, 1.82) is 0 Å². The average molecular weight is 392 g/mol. The van der Waals surface area contributed by atoms with E-state index in [2.05, 4.69) is 32.9 Å². The maximum Gasteiger partial charge on any atom is 0.282 e. The van der Waals surface area contributed by atoms with Crippen molar-refractivity contribution in [3.05, 3.63) is 77.4 Å². The van der Waals surface area contributed by atoms with Crippen molar-refractivity contribution < 1.29 is 14.2 Å². The predicted octanol–water partition coefficient (Wildman–Crippen LogP) is 6.16. The molecule has 0 aromatic heterocycles. The van der Waals surface area contributed by atoms with E-state index in [1.54, 1.807) is 12.1 Å². The topological polar surface area (TPSA) is 46.5 Å². The molecule has 1 unspecified atom stereocenters. The molecule has 1 aliphatic rings. The molecule has 3 nitrogen and oxygen atoms in total. The molecule has 1 N–H and O–H groups in total. The summed E-state index contributed by atoms with van der Waals surface area (Å²) in [4.78, 5) is 0. The Hall–Kier alpha value is -2.51. The van der Waals surface area contributed by atoms with Crippen LogP contribution in [0.25, 0.3) is 11.1 Å². The Bertz CT molecular complexity index is 1110. The first kappa shape index (κ1) is 18.8. The maximum absolute atomic E-state index is 14.0. The third-order valence-electron chi connectivity index (χ3n) is 5.30. The molecule has 0 spiro atoms. The normalized spacial score (nSPS) is 18.6. The van der Waals surface area contributed by atoms with Gasteiger partial charge in [-0.2, -0.15) is 0 Å². The van der Waals surface area contributed by atoms with Crippen molar-refractivity contribution in [3.63, 3.8) is 0 Å². The number of hydrogen-bond acceptors (Lipinski definition) is 3. The van der Waals surface area contributed by atoms with Crippen LogP contribution in [0.4, 0.5) is 0 Å². The van der Waals surface area contributed by atoms with Crippen molar-refractivity contribution in [3.8, 4) is 22.6 Å². The van der Waals surface area contributed by atoms with Crippen molar-refractivity contribution in [2.75, 3.05) is 0 Å². The highest BCUT2D eigenvalue weighted by Gasteiger charge is 2.39. The third-order valence-corrected chi connectivity index (χ3v) is 7.66. The SMILES string of the molecule is Cc1cc(C(C)(C)C)cc2c1OP(=O)(c1ccccc1-c1ccccc1O)C2. The first-order chi connectivity index (χ1) is 13.2. The quantitative estimate of drug-likeness (QED) is 0.531. The number of hydrogen-bond donors (Lipinski definition) is 1. The molecule has 0 radical (unpaired) electrons. The number of para-hydroxylation sites is 1. The fraction of sp³-hybridized carbons (Fsp3) is 0.250. The van der Waals surface area contributed by atoms with Gasteiger partial charge in [0.25, 0.3) is 7.37 Å². The zero-order chi connectivity index (χ0) is 20.1. The largest absolute Gasteiger partial charge is 0.507 e. The van der Waals surface area contributed by atoms with E-state index in [-0.39, 0.29) is 11.2 Å². The van der Waals surface area contributed by atoms with E-state index in [1.165, 1.54) is 5.56 Å². The Morgan fingerprint density at radius 2 is 1.61 bits per heavy atom. The van der Waals surface area contributed by atoms with Crippen LogP contribution in [0, 0.1) is 6.92 Å². The third kappa shape index (κ3) is 3.14. The molecule has 1 aliphatic heterocycles. The van der Waals surface area contributed by atoms with E-state index < -0.39 is 7.37 Å². The lowest BCUT2D eigenvalue weighted by Crippen LogP contribution is -2.11. The summed E-state index contributed by atoms with van der Waals surface area (Å²) in [5, 5.41) is 11.0. The van der Waals surface area contributed by atoms with Crippen molar-refractivity contribution >= 4 is 12.7 Å². The molecule has 4 heteroatoms. The number of fused-ring (bicyclic) bond motifs is 1.